The maximum Gasteiger partial charge on any atom is 0.357 e. The summed E-state index contributed by atoms with van der Waals surface area (Å²) in [7, 11) is -8.15. The number of nitrogens with zero attached hydrogens (tertiary/aromatic N) is 1. The second-order valence-electron chi connectivity index (χ2n) is 2.84. The molecule has 1 aromatic rings. The van der Waals surface area contributed by atoms with E-state index in [-0.39, 0.29) is 5.82 Å². The molecule has 0 saturated heterocycles. The van der Waals surface area contributed by atoms with Gasteiger partial charge in [-0.3, -0.25) is 9.13 Å². The Morgan fingerprint density at radius 3 is 2.50 bits per heavy atom. The van der Waals surface area contributed by atoms with Crippen molar-refractivity contribution in [3.05, 3.63) is 23.4 Å². The Labute approximate surface area is 96.5 Å². The molecule has 0 aromatic carbocycles. The summed E-state index contributed by atoms with van der Waals surface area (Å²) in [4.78, 5) is 30.1. The van der Waals surface area contributed by atoms with Crippen molar-refractivity contribution in [3.8, 4) is 0 Å². The van der Waals surface area contributed by atoms with Crippen LogP contribution in [0, 0.1) is 0 Å². The van der Waals surface area contributed by atoms with Crippen molar-refractivity contribution in [1.29, 1.82) is 0 Å². The standard InChI is InChI=1S/C6H9ClN2O5P2/c7-4-1-2-5(8-3-4)9-6(15(10)11)16(12,13)14/h1-3,6,15H,(H,8,9)(H,10,11)(H2,12,13,14). The summed E-state index contributed by atoms with van der Waals surface area (Å²) in [5.74, 6) is 0.0603. The lowest BCUT2D eigenvalue weighted by molar-refractivity contribution is 0.368. The lowest BCUT2D eigenvalue weighted by Gasteiger charge is -2.17. The van der Waals surface area contributed by atoms with Crippen LogP contribution >= 0.6 is 27.2 Å². The van der Waals surface area contributed by atoms with E-state index in [9.17, 15) is 9.13 Å². The predicted molar refractivity (Wildman–Crippen MR) is 59.9 cm³/mol. The summed E-state index contributed by atoms with van der Waals surface area (Å²) in [5.41, 5.74) is -1.84. The molecule has 2 atom stereocenters. The quantitative estimate of drug-likeness (QED) is 0.611. The zero-order chi connectivity index (χ0) is 12.3. The van der Waals surface area contributed by atoms with E-state index in [0.29, 0.717) is 5.02 Å². The van der Waals surface area contributed by atoms with Gasteiger partial charge >= 0.3 is 7.60 Å². The number of halogens is 1. The van der Waals surface area contributed by atoms with E-state index in [1.807, 2.05) is 0 Å². The molecule has 0 radical (unpaired) electrons. The highest BCUT2D eigenvalue weighted by Crippen LogP contribution is 2.51. The molecule has 1 aromatic heterocycles. The van der Waals surface area contributed by atoms with E-state index in [2.05, 4.69) is 10.3 Å². The molecule has 0 bridgehead atoms. The van der Waals surface area contributed by atoms with Gasteiger partial charge in [0.05, 0.1) is 5.02 Å². The minimum absolute atomic E-state index is 0.0603. The predicted octanol–water partition coefficient (Wildman–Crippen LogP) is 1.08. The highest BCUT2D eigenvalue weighted by atomic mass is 35.5. The fraction of sp³-hybridized carbons (Fsp3) is 0.167. The zero-order valence-corrected chi connectivity index (χ0v) is 10.4. The summed E-state index contributed by atoms with van der Waals surface area (Å²) in [5, 5.41) is 2.54. The Morgan fingerprint density at radius 2 is 2.12 bits per heavy atom. The first kappa shape index (κ1) is 13.6. The molecule has 0 fully saturated rings. The average Bonchev–Trinajstić information content (AvgIpc) is 2.14. The number of anilines is 1. The van der Waals surface area contributed by atoms with Gasteiger partial charge in [-0.05, 0) is 12.1 Å². The number of aromatic nitrogens is 1. The van der Waals surface area contributed by atoms with Gasteiger partial charge in [-0.15, -0.1) is 0 Å². The first-order valence-electron chi connectivity index (χ1n) is 3.97. The zero-order valence-electron chi connectivity index (χ0n) is 7.74. The van der Waals surface area contributed by atoms with Gasteiger partial charge in [0, 0.05) is 6.20 Å². The number of hydrogen-bond acceptors (Lipinski definition) is 4. The molecule has 0 aliphatic carbocycles. The Bertz CT molecular complexity index is 433. The first-order chi connectivity index (χ1) is 7.30. The third-order valence-electron chi connectivity index (χ3n) is 1.58. The molecule has 4 N–H and O–H groups in total. The summed E-state index contributed by atoms with van der Waals surface area (Å²) in [6, 6.07) is 2.78. The van der Waals surface area contributed by atoms with Crippen LogP contribution in [0.4, 0.5) is 5.82 Å². The Hall–Kier alpha value is -0.420. The topological polar surface area (TPSA) is 120 Å². The Morgan fingerprint density at radius 1 is 1.50 bits per heavy atom. The van der Waals surface area contributed by atoms with Gasteiger partial charge in [0.1, 0.15) is 5.82 Å². The maximum absolute atomic E-state index is 10.9. The smallest absolute Gasteiger partial charge is 0.349 e. The molecular weight excluding hydrogens is 277 g/mol. The van der Waals surface area contributed by atoms with Crippen molar-refractivity contribution in [2.45, 2.75) is 5.52 Å². The van der Waals surface area contributed by atoms with E-state index in [1.54, 1.807) is 0 Å². The van der Waals surface area contributed by atoms with E-state index < -0.39 is 21.1 Å². The molecular formula is C6H9ClN2O5P2. The third kappa shape index (κ3) is 3.87. The van der Waals surface area contributed by atoms with E-state index in [1.165, 1.54) is 18.3 Å². The lowest BCUT2D eigenvalue weighted by atomic mass is 10.5. The third-order valence-corrected chi connectivity index (χ3v) is 4.89. The number of rotatable bonds is 4. The molecule has 0 amide bonds. The van der Waals surface area contributed by atoms with Crippen LogP contribution in [0.25, 0.3) is 0 Å². The lowest BCUT2D eigenvalue weighted by Crippen LogP contribution is -2.16. The molecule has 90 valence electrons. The highest BCUT2D eigenvalue weighted by molar-refractivity contribution is 7.65. The fourth-order valence-electron chi connectivity index (χ4n) is 0.891. The molecule has 0 spiro atoms. The summed E-state index contributed by atoms with van der Waals surface area (Å²) < 4.78 is 21.7. The minimum Gasteiger partial charge on any atom is -0.349 e. The van der Waals surface area contributed by atoms with Gasteiger partial charge in [-0.2, -0.15) is 0 Å². The molecule has 16 heavy (non-hydrogen) atoms. The molecule has 0 saturated carbocycles. The van der Waals surface area contributed by atoms with E-state index in [4.69, 9.17) is 26.3 Å². The van der Waals surface area contributed by atoms with E-state index >= 15 is 0 Å². The molecule has 10 heteroatoms. The van der Waals surface area contributed by atoms with Crippen LogP contribution in [-0.4, -0.2) is 25.2 Å². The van der Waals surface area contributed by atoms with Crippen LogP contribution < -0.4 is 5.32 Å². The number of hydrogen-bond donors (Lipinski definition) is 4. The second kappa shape index (κ2) is 5.27. The van der Waals surface area contributed by atoms with Crippen LogP contribution in [0.15, 0.2) is 18.3 Å². The van der Waals surface area contributed by atoms with Crippen LogP contribution in [0.5, 0.6) is 0 Å². The fourth-order valence-corrected chi connectivity index (χ4v) is 2.73. The van der Waals surface area contributed by atoms with Crippen LogP contribution in [0.3, 0.4) is 0 Å². The average molecular weight is 287 g/mol. The maximum atomic E-state index is 10.9. The van der Waals surface area contributed by atoms with Crippen molar-refractivity contribution in [3.63, 3.8) is 0 Å². The van der Waals surface area contributed by atoms with Gasteiger partial charge in [0.15, 0.2) is 0 Å². The molecule has 0 aliphatic heterocycles. The summed E-state index contributed by atoms with van der Waals surface area (Å²) >= 11 is 5.55. The normalized spacial score (nSPS) is 15.5. The van der Waals surface area contributed by atoms with Gasteiger partial charge in [-0.1, -0.05) is 11.6 Å². The molecule has 2 unspecified atom stereocenters. The van der Waals surface area contributed by atoms with Crippen molar-refractivity contribution in [1.82, 2.24) is 4.98 Å². The van der Waals surface area contributed by atoms with Crippen molar-refractivity contribution < 1.29 is 23.8 Å². The van der Waals surface area contributed by atoms with Crippen molar-refractivity contribution >= 4 is 33.0 Å². The number of pyridine rings is 1. The van der Waals surface area contributed by atoms with Crippen molar-refractivity contribution in [2.24, 2.45) is 0 Å². The van der Waals surface area contributed by atoms with Gasteiger partial charge < -0.3 is 20.0 Å². The monoisotopic (exact) mass is 286 g/mol. The summed E-state index contributed by atoms with van der Waals surface area (Å²) in [6.45, 7) is 0. The molecule has 0 aliphatic rings. The van der Waals surface area contributed by atoms with Crippen LogP contribution in [-0.2, 0) is 9.13 Å². The molecule has 1 heterocycles. The largest absolute Gasteiger partial charge is 0.357 e. The van der Waals surface area contributed by atoms with Gasteiger partial charge in [0.2, 0.25) is 13.6 Å². The van der Waals surface area contributed by atoms with Crippen LogP contribution in [0.1, 0.15) is 0 Å². The van der Waals surface area contributed by atoms with Gasteiger partial charge in [-0.25, -0.2) is 4.98 Å². The molecule has 7 nitrogen and oxygen atoms in total. The molecule has 1 rings (SSSR count). The SMILES string of the molecule is O=[PH](O)C(Nc1ccc(Cl)cn1)P(=O)(O)O. The summed E-state index contributed by atoms with van der Waals surface area (Å²) in [6.07, 6.45) is 1.25. The highest BCUT2D eigenvalue weighted by Gasteiger charge is 2.33. The van der Waals surface area contributed by atoms with E-state index in [0.717, 1.165) is 0 Å². The van der Waals surface area contributed by atoms with Crippen LogP contribution in [0.2, 0.25) is 5.02 Å². The Kier molecular flexibility index (Phi) is 4.50. The first-order valence-corrected chi connectivity index (χ1v) is 7.46. The Balaban J connectivity index is 2.89. The second-order valence-corrected chi connectivity index (χ2v) is 6.71. The van der Waals surface area contributed by atoms with Crippen molar-refractivity contribution in [2.75, 3.05) is 5.32 Å². The minimum atomic E-state index is -4.71. The number of nitrogens with one attached hydrogen (secondary N) is 1. The van der Waals surface area contributed by atoms with Gasteiger partial charge in [0.25, 0.3) is 0 Å².